The molecule has 3 aromatic rings. The number of anilines is 1. The first-order valence-corrected chi connectivity index (χ1v) is 8.45. The average molecular weight is 374 g/mol. The Balaban J connectivity index is 1.50. The number of nitrogens with zero attached hydrogens (tertiary/aromatic N) is 2. The molecule has 1 aliphatic heterocycles. The number of carbonyl (C=O) groups excluding carboxylic acids is 1. The molecule has 0 unspecified atom stereocenters. The van der Waals surface area contributed by atoms with Crippen LogP contribution in [0.2, 0.25) is 5.02 Å². The number of carbonyl (C=O) groups is 1. The smallest absolute Gasteiger partial charge is 0.328 e. The molecule has 1 aliphatic rings. The van der Waals surface area contributed by atoms with Gasteiger partial charge in [0.05, 0.1) is 21.7 Å². The molecule has 0 radical (unpaired) electrons. The van der Waals surface area contributed by atoms with E-state index in [0.717, 1.165) is 11.0 Å². The molecule has 1 amide bonds. The number of aryl methyl sites for hydroxylation is 2. The van der Waals surface area contributed by atoms with Crippen molar-refractivity contribution in [1.29, 1.82) is 0 Å². The molecule has 2 aromatic carbocycles. The maximum Gasteiger partial charge on any atom is 0.328 e. The molecule has 134 valence electrons. The number of halogens is 1. The molecule has 0 atom stereocenters. The minimum absolute atomic E-state index is 0.132. The summed E-state index contributed by atoms with van der Waals surface area (Å²) in [5, 5.41) is 3.12. The second kappa shape index (κ2) is 6.42. The first kappa shape index (κ1) is 16.5. The Kier molecular flexibility index (Phi) is 4.08. The standard InChI is InChI=1S/C18H16ClN3O4/c1-21-13-4-2-3-5-14(13)22(18(21)24)7-6-17(23)20-12-9-16-15(8-11(12)19)25-10-26-16/h2-5,8-9H,6-7,10H2,1H3,(H,20,23). The zero-order valence-electron chi connectivity index (χ0n) is 14.0. The van der Waals surface area contributed by atoms with E-state index in [1.165, 1.54) is 0 Å². The predicted molar refractivity (Wildman–Crippen MR) is 98.0 cm³/mol. The van der Waals surface area contributed by atoms with Crippen molar-refractivity contribution in [2.75, 3.05) is 12.1 Å². The largest absolute Gasteiger partial charge is 0.454 e. The number of hydrogen-bond acceptors (Lipinski definition) is 4. The van der Waals surface area contributed by atoms with Gasteiger partial charge in [0.15, 0.2) is 11.5 Å². The minimum atomic E-state index is -0.245. The van der Waals surface area contributed by atoms with Crippen LogP contribution < -0.4 is 20.5 Å². The van der Waals surface area contributed by atoms with Crippen LogP contribution >= 0.6 is 11.6 Å². The molecule has 4 rings (SSSR count). The fraction of sp³-hybridized carbons (Fsp3) is 0.222. The van der Waals surface area contributed by atoms with Crippen LogP contribution in [0.4, 0.5) is 5.69 Å². The number of hydrogen-bond donors (Lipinski definition) is 1. The van der Waals surface area contributed by atoms with Crippen molar-refractivity contribution in [1.82, 2.24) is 9.13 Å². The first-order valence-electron chi connectivity index (χ1n) is 8.08. The van der Waals surface area contributed by atoms with E-state index in [0.29, 0.717) is 22.2 Å². The molecule has 0 fully saturated rings. The van der Waals surface area contributed by atoms with E-state index in [-0.39, 0.29) is 31.4 Å². The molecule has 1 N–H and O–H groups in total. The molecular weight excluding hydrogens is 358 g/mol. The minimum Gasteiger partial charge on any atom is -0.454 e. The van der Waals surface area contributed by atoms with Gasteiger partial charge < -0.3 is 14.8 Å². The van der Waals surface area contributed by atoms with Crippen LogP contribution in [0.25, 0.3) is 11.0 Å². The zero-order valence-corrected chi connectivity index (χ0v) is 14.7. The van der Waals surface area contributed by atoms with Gasteiger partial charge in [0, 0.05) is 32.1 Å². The van der Waals surface area contributed by atoms with Gasteiger partial charge >= 0.3 is 5.69 Å². The van der Waals surface area contributed by atoms with Crippen molar-refractivity contribution >= 4 is 34.2 Å². The third-order valence-electron chi connectivity index (χ3n) is 4.35. The number of rotatable bonds is 4. The maximum atomic E-state index is 12.4. The van der Waals surface area contributed by atoms with Crippen molar-refractivity contribution in [3.63, 3.8) is 0 Å². The summed E-state index contributed by atoms with van der Waals surface area (Å²) in [5.74, 6) is 0.843. The summed E-state index contributed by atoms with van der Waals surface area (Å²) >= 11 is 6.17. The van der Waals surface area contributed by atoms with Crippen molar-refractivity contribution in [2.24, 2.45) is 7.05 Å². The lowest BCUT2D eigenvalue weighted by atomic mass is 10.2. The normalized spacial score (nSPS) is 12.5. The third kappa shape index (κ3) is 2.80. The molecule has 1 aromatic heterocycles. The zero-order chi connectivity index (χ0) is 18.3. The summed E-state index contributed by atoms with van der Waals surface area (Å²) in [5.41, 5.74) is 1.93. The second-order valence-corrected chi connectivity index (χ2v) is 6.37. The summed E-state index contributed by atoms with van der Waals surface area (Å²) < 4.78 is 13.7. The number of imidazole rings is 1. The van der Waals surface area contributed by atoms with Gasteiger partial charge in [-0.2, -0.15) is 0 Å². The SMILES string of the molecule is Cn1c(=O)n(CCC(=O)Nc2cc3c(cc2Cl)OCO3)c2ccccc21. The molecule has 0 bridgehead atoms. The molecule has 0 spiro atoms. The van der Waals surface area contributed by atoms with E-state index in [2.05, 4.69) is 5.32 Å². The van der Waals surface area contributed by atoms with E-state index in [1.807, 2.05) is 24.3 Å². The summed E-state index contributed by atoms with van der Waals surface area (Å²) in [6, 6.07) is 10.7. The molecule has 8 heteroatoms. The fourth-order valence-electron chi connectivity index (χ4n) is 3.02. The van der Waals surface area contributed by atoms with E-state index < -0.39 is 0 Å². The average Bonchev–Trinajstić information content (AvgIpc) is 3.17. The van der Waals surface area contributed by atoms with E-state index >= 15 is 0 Å². The predicted octanol–water partition coefficient (Wildman–Crippen LogP) is 2.75. The molecular formula is C18H16ClN3O4. The van der Waals surface area contributed by atoms with Gasteiger partial charge in [0.25, 0.3) is 0 Å². The van der Waals surface area contributed by atoms with Gasteiger partial charge in [-0.3, -0.25) is 13.9 Å². The number of fused-ring (bicyclic) bond motifs is 2. The van der Waals surface area contributed by atoms with Crippen molar-refractivity contribution in [3.8, 4) is 11.5 Å². The molecule has 7 nitrogen and oxygen atoms in total. The number of aromatic nitrogens is 2. The molecule has 26 heavy (non-hydrogen) atoms. The Morgan fingerprint density at radius 1 is 1.19 bits per heavy atom. The van der Waals surface area contributed by atoms with Gasteiger partial charge in [-0.15, -0.1) is 0 Å². The Bertz CT molecular complexity index is 1070. The molecule has 0 saturated heterocycles. The van der Waals surface area contributed by atoms with Crippen LogP contribution in [0, 0.1) is 0 Å². The Hall–Kier alpha value is -2.93. The van der Waals surface area contributed by atoms with Crippen LogP contribution in [0.3, 0.4) is 0 Å². The van der Waals surface area contributed by atoms with Crippen molar-refractivity contribution in [3.05, 3.63) is 51.9 Å². The number of ether oxygens (including phenoxy) is 2. The van der Waals surface area contributed by atoms with E-state index in [1.54, 1.807) is 28.3 Å². The van der Waals surface area contributed by atoms with Crippen LogP contribution in [0.5, 0.6) is 11.5 Å². The number of benzene rings is 2. The van der Waals surface area contributed by atoms with Crippen molar-refractivity contribution in [2.45, 2.75) is 13.0 Å². The second-order valence-electron chi connectivity index (χ2n) is 5.97. The van der Waals surface area contributed by atoms with Crippen LogP contribution in [-0.2, 0) is 18.4 Å². The fourth-order valence-corrected chi connectivity index (χ4v) is 3.22. The molecule has 0 saturated carbocycles. The summed E-state index contributed by atoms with van der Waals surface area (Å²) in [6.45, 7) is 0.404. The van der Waals surface area contributed by atoms with Gasteiger partial charge in [-0.25, -0.2) is 4.79 Å². The highest BCUT2D eigenvalue weighted by Gasteiger charge is 2.18. The van der Waals surface area contributed by atoms with E-state index in [4.69, 9.17) is 21.1 Å². The number of amides is 1. The summed E-state index contributed by atoms with van der Waals surface area (Å²) in [6.07, 6.45) is 0.138. The summed E-state index contributed by atoms with van der Waals surface area (Å²) in [7, 11) is 1.72. The highest BCUT2D eigenvalue weighted by Crippen LogP contribution is 2.39. The summed E-state index contributed by atoms with van der Waals surface area (Å²) in [4.78, 5) is 24.7. The highest BCUT2D eigenvalue weighted by molar-refractivity contribution is 6.34. The lowest BCUT2D eigenvalue weighted by Crippen LogP contribution is -2.24. The molecule has 2 heterocycles. The van der Waals surface area contributed by atoms with Crippen molar-refractivity contribution < 1.29 is 14.3 Å². The lowest BCUT2D eigenvalue weighted by Gasteiger charge is -2.09. The maximum absolute atomic E-state index is 12.4. The topological polar surface area (TPSA) is 74.5 Å². The quantitative estimate of drug-likeness (QED) is 0.763. The monoisotopic (exact) mass is 373 g/mol. The number of nitrogens with one attached hydrogen (secondary N) is 1. The Morgan fingerprint density at radius 3 is 2.65 bits per heavy atom. The van der Waals surface area contributed by atoms with Gasteiger partial charge in [-0.05, 0) is 12.1 Å². The van der Waals surface area contributed by atoms with E-state index in [9.17, 15) is 9.59 Å². The van der Waals surface area contributed by atoms with Gasteiger partial charge in [-0.1, -0.05) is 23.7 Å². The highest BCUT2D eigenvalue weighted by atomic mass is 35.5. The number of para-hydroxylation sites is 2. The Morgan fingerprint density at radius 2 is 1.88 bits per heavy atom. The van der Waals surface area contributed by atoms with Crippen LogP contribution in [0.15, 0.2) is 41.2 Å². The molecule has 0 aliphatic carbocycles. The van der Waals surface area contributed by atoms with Crippen LogP contribution in [-0.4, -0.2) is 21.8 Å². The first-order chi connectivity index (χ1) is 12.5. The van der Waals surface area contributed by atoms with Gasteiger partial charge in [0.2, 0.25) is 12.7 Å². The van der Waals surface area contributed by atoms with Gasteiger partial charge in [0.1, 0.15) is 0 Å². The lowest BCUT2D eigenvalue weighted by molar-refractivity contribution is -0.116. The third-order valence-corrected chi connectivity index (χ3v) is 4.66. The Labute approximate surface area is 153 Å². The van der Waals surface area contributed by atoms with Crippen LogP contribution in [0.1, 0.15) is 6.42 Å².